The fourth-order valence-electron chi connectivity index (χ4n) is 1.64. The van der Waals surface area contributed by atoms with Crippen LogP contribution in [0.5, 0.6) is 0 Å². The molecular formula is C14H13F2NOS2. The fraction of sp³-hybridized carbons (Fsp3) is 0.214. The lowest BCUT2D eigenvalue weighted by molar-refractivity contribution is 0.0954. The van der Waals surface area contributed by atoms with E-state index in [1.165, 1.54) is 17.0 Å². The van der Waals surface area contributed by atoms with Gasteiger partial charge in [0.15, 0.2) is 0 Å². The first-order chi connectivity index (χ1) is 9.65. The summed E-state index contributed by atoms with van der Waals surface area (Å²) in [4.78, 5) is 13.5. The van der Waals surface area contributed by atoms with Crippen molar-refractivity contribution in [3.63, 3.8) is 0 Å². The third-order valence-electron chi connectivity index (χ3n) is 2.58. The van der Waals surface area contributed by atoms with E-state index >= 15 is 0 Å². The van der Waals surface area contributed by atoms with Gasteiger partial charge in [-0.15, -0.1) is 11.3 Å². The van der Waals surface area contributed by atoms with Crippen LogP contribution in [0.3, 0.4) is 0 Å². The Morgan fingerprint density at radius 1 is 1.25 bits per heavy atom. The molecule has 0 saturated carbocycles. The van der Waals surface area contributed by atoms with Crippen LogP contribution in [0.4, 0.5) is 8.78 Å². The zero-order valence-electron chi connectivity index (χ0n) is 10.5. The summed E-state index contributed by atoms with van der Waals surface area (Å²) in [5.41, 5.74) is 0.481. The number of amides is 1. The van der Waals surface area contributed by atoms with E-state index in [-0.39, 0.29) is 5.91 Å². The molecule has 106 valence electrons. The number of nitrogens with one attached hydrogen (secondary N) is 1. The molecule has 0 aliphatic rings. The van der Waals surface area contributed by atoms with Gasteiger partial charge in [-0.25, -0.2) is 0 Å². The molecule has 1 amide bonds. The Morgan fingerprint density at radius 2 is 2.00 bits per heavy atom. The summed E-state index contributed by atoms with van der Waals surface area (Å²) < 4.78 is 24.3. The molecule has 1 heterocycles. The number of hydrogen-bond donors (Lipinski definition) is 1. The highest BCUT2D eigenvalue weighted by atomic mass is 32.2. The molecule has 0 saturated heterocycles. The van der Waals surface area contributed by atoms with Crippen LogP contribution in [0.1, 0.15) is 15.2 Å². The monoisotopic (exact) mass is 313 g/mol. The number of thiophene rings is 1. The second-order valence-electron chi connectivity index (χ2n) is 3.99. The summed E-state index contributed by atoms with van der Waals surface area (Å²) in [6.07, 6.45) is 0.794. The molecule has 2 nitrogen and oxygen atoms in total. The van der Waals surface area contributed by atoms with Crippen molar-refractivity contribution in [2.75, 3.05) is 6.54 Å². The third kappa shape index (κ3) is 4.61. The molecule has 0 fully saturated rings. The molecule has 1 aromatic heterocycles. The third-order valence-corrected chi connectivity index (χ3v) is 4.24. The molecule has 0 unspecified atom stereocenters. The molecule has 6 heteroatoms. The number of benzene rings is 1. The number of carbonyl (C=O) groups is 1. The molecule has 0 radical (unpaired) electrons. The normalized spacial score (nSPS) is 10.8. The van der Waals surface area contributed by atoms with Crippen LogP contribution in [0.25, 0.3) is 0 Å². The van der Waals surface area contributed by atoms with E-state index in [9.17, 15) is 13.6 Å². The molecule has 0 aliphatic heterocycles. The van der Waals surface area contributed by atoms with Crippen molar-refractivity contribution < 1.29 is 13.6 Å². The SMILES string of the molecule is O=C(NCCc1cccs1)c1ccc(SC(F)F)cc1. The number of halogens is 2. The van der Waals surface area contributed by atoms with Gasteiger partial charge in [-0.3, -0.25) is 4.79 Å². The molecule has 2 rings (SSSR count). The summed E-state index contributed by atoms with van der Waals surface area (Å²) in [5, 5.41) is 4.81. The van der Waals surface area contributed by atoms with Gasteiger partial charge in [-0.05, 0) is 42.1 Å². The van der Waals surface area contributed by atoms with Crippen molar-refractivity contribution in [3.05, 3.63) is 52.2 Å². The first-order valence-electron chi connectivity index (χ1n) is 6.00. The summed E-state index contributed by atoms with van der Waals surface area (Å²) in [5.74, 6) is -2.63. The maximum Gasteiger partial charge on any atom is 0.288 e. The molecule has 1 N–H and O–H groups in total. The molecule has 20 heavy (non-hydrogen) atoms. The van der Waals surface area contributed by atoms with Crippen LogP contribution in [-0.2, 0) is 6.42 Å². The lowest BCUT2D eigenvalue weighted by Crippen LogP contribution is -2.25. The number of hydrogen-bond acceptors (Lipinski definition) is 3. The fourth-order valence-corrected chi connectivity index (χ4v) is 2.85. The zero-order valence-corrected chi connectivity index (χ0v) is 12.1. The van der Waals surface area contributed by atoms with Crippen molar-refractivity contribution in [2.24, 2.45) is 0 Å². The molecule has 1 aromatic carbocycles. The summed E-state index contributed by atoms with van der Waals surface area (Å²) in [6.45, 7) is 0.562. The van der Waals surface area contributed by atoms with E-state index in [0.29, 0.717) is 28.8 Å². The number of rotatable bonds is 6. The Labute approximate surface area is 124 Å². The van der Waals surface area contributed by atoms with Gasteiger partial charge in [0, 0.05) is 21.9 Å². The Kier molecular flexibility index (Phi) is 5.55. The van der Waals surface area contributed by atoms with Gasteiger partial charge in [-0.1, -0.05) is 17.8 Å². The van der Waals surface area contributed by atoms with Gasteiger partial charge in [0.1, 0.15) is 0 Å². The first kappa shape index (κ1) is 15.0. The molecule has 0 aliphatic carbocycles. The predicted octanol–water partition coefficient (Wildman–Crippen LogP) is 4.04. The Hall–Kier alpha value is -1.40. The van der Waals surface area contributed by atoms with Crippen molar-refractivity contribution in [3.8, 4) is 0 Å². The minimum Gasteiger partial charge on any atom is -0.352 e. The zero-order chi connectivity index (χ0) is 14.4. The highest BCUT2D eigenvalue weighted by Gasteiger charge is 2.08. The van der Waals surface area contributed by atoms with Gasteiger partial charge in [0.05, 0.1) is 0 Å². The van der Waals surface area contributed by atoms with E-state index < -0.39 is 5.76 Å². The van der Waals surface area contributed by atoms with Crippen LogP contribution >= 0.6 is 23.1 Å². The standard InChI is InChI=1S/C14H13F2NOS2/c15-14(16)20-12-5-3-10(4-6-12)13(18)17-8-7-11-2-1-9-19-11/h1-6,9,14H,7-8H2,(H,17,18). The van der Waals surface area contributed by atoms with Crippen LogP contribution < -0.4 is 5.32 Å². The van der Waals surface area contributed by atoms with Gasteiger partial charge < -0.3 is 5.32 Å². The lowest BCUT2D eigenvalue weighted by Gasteiger charge is -2.05. The van der Waals surface area contributed by atoms with E-state index in [2.05, 4.69) is 5.32 Å². The van der Waals surface area contributed by atoms with Crippen molar-refractivity contribution in [2.45, 2.75) is 17.1 Å². The number of carbonyl (C=O) groups excluding carboxylic acids is 1. The number of alkyl halides is 2. The lowest BCUT2D eigenvalue weighted by atomic mass is 10.2. The maximum atomic E-state index is 12.2. The summed E-state index contributed by atoms with van der Waals surface area (Å²) in [6, 6.07) is 10.2. The van der Waals surface area contributed by atoms with Gasteiger partial charge in [0.25, 0.3) is 11.7 Å². The minimum absolute atomic E-state index is 0.185. The van der Waals surface area contributed by atoms with E-state index in [0.717, 1.165) is 6.42 Å². The largest absolute Gasteiger partial charge is 0.352 e. The van der Waals surface area contributed by atoms with Crippen molar-refractivity contribution in [1.29, 1.82) is 0 Å². The Bertz CT molecular complexity index is 541. The van der Waals surface area contributed by atoms with Crippen molar-refractivity contribution in [1.82, 2.24) is 5.32 Å². The average Bonchev–Trinajstić information content (AvgIpc) is 2.92. The molecule has 0 bridgehead atoms. The second-order valence-corrected chi connectivity index (χ2v) is 6.08. The smallest absolute Gasteiger partial charge is 0.288 e. The maximum absolute atomic E-state index is 12.2. The van der Waals surface area contributed by atoms with E-state index in [4.69, 9.17) is 0 Å². The highest BCUT2D eigenvalue weighted by Crippen LogP contribution is 2.25. The minimum atomic E-state index is -2.44. The van der Waals surface area contributed by atoms with Crippen LogP contribution in [0.15, 0.2) is 46.7 Å². The summed E-state index contributed by atoms with van der Waals surface area (Å²) in [7, 11) is 0. The number of thioether (sulfide) groups is 1. The average molecular weight is 313 g/mol. The van der Waals surface area contributed by atoms with Gasteiger partial charge >= 0.3 is 0 Å². The Balaban J connectivity index is 1.82. The molecular weight excluding hydrogens is 300 g/mol. The van der Waals surface area contributed by atoms with E-state index in [1.54, 1.807) is 23.5 Å². The van der Waals surface area contributed by atoms with E-state index in [1.807, 2.05) is 17.5 Å². The topological polar surface area (TPSA) is 29.1 Å². The Morgan fingerprint density at radius 3 is 2.60 bits per heavy atom. The second kappa shape index (κ2) is 7.40. The van der Waals surface area contributed by atoms with Gasteiger partial charge in [-0.2, -0.15) is 8.78 Å². The quantitative estimate of drug-likeness (QED) is 0.816. The summed E-state index contributed by atoms with van der Waals surface area (Å²) >= 11 is 2.12. The van der Waals surface area contributed by atoms with Gasteiger partial charge in [0.2, 0.25) is 0 Å². The highest BCUT2D eigenvalue weighted by molar-refractivity contribution is 7.99. The molecule has 0 spiro atoms. The molecule has 0 atom stereocenters. The van der Waals surface area contributed by atoms with Crippen LogP contribution in [0, 0.1) is 0 Å². The van der Waals surface area contributed by atoms with Crippen LogP contribution in [0.2, 0.25) is 0 Å². The predicted molar refractivity (Wildman–Crippen MR) is 78.7 cm³/mol. The first-order valence-corrected chi connectivity index (χ1v) is 7.76. The van der Waals surface area contributed by atoms with Crippen molar-refractivity contribution >= 4 is 29.0 Å². The molecule has 2 aromatic rings. The van der Waals surface area contributed by atoms with Crippen LogP contribution in [-0.4, -0.2) is 18.2 Å².